The average molecular weight is 495 g/mol. The highest BCUT2D eigenvalue weighted by atomic mass is 16.7. The van der Waals surface area contributed by atoms with Gasteiger partial charge < -0.3 is 29.4 Å². The summed E-state index contributed by atoms with van der Waals surface area (Å²) in [6, 6.07) is -1.35. The number of nitrogens with zero attached hydrogens (tertiary/aromatic N) is 3. The van der Waals surface area contributed by atoms with Crippen LogP contribution in [0.25, 0.3) is 10.4 Å². The van der Waals surface area contributed by atoms with E-state index in [0.717, 1.165) is 12.8 Å². The van der Waals surface area contributed by atoms with E-state index in [1.165, 1.54) is 0 Å². The van der Waals surface area contributed by atoms with Gasteiger partial charge in [-0.1, -0.05) is 11.5 Å². The molecule has 0 unspecified atom stereocenters. The van der Waals surface area contributed by atoms with Crippen molar-refractivity contribution in [3.8, 4) is 0 Å². The van der Waals surface area contributed by atoms with Gasteiger partial charge in [0.15, 0.2) is 0 Å². The van der Waals surface area contributed by atoms with E-state index in [9.17, 15) is 14.4 Å². The Hall–Kier alpha value is -2.34. The SMILES string of the molecule is CC(C)(C)OC(=O)N[C@@H](CN=[N+]=[N-])C(=O)OC(=O)[C@@H]1CNC[C@H]1CCCB1OC(C)(C)C(C)(C)O1. The van der Waals surface area contributed by atoms with Gasteiger partial charge in [0.05, 0.1) is 23.7 Å². The van der Waals surface area contributed by atoms with Crippen LogP contribution in [-0.2, 0) is 28.4 Å². The van der Waals surface area contributed by atoms with Crippen molar-refractivity contribution >= 4 is 25.2 Å². The molecule has 0 aromatic heterocycles. The van der Waals surface area contributed by atoms with Crippen LogP contribution >= 0.6 is 0 Å². The van der Waals surface area contributed by atoms with Gasteiger partial charge in [-0.15, -0.1) is 0 Å². The minimum atomic E-state index is -1.35. The molecule has 0 aromatic rings. The third kappa shape index (κ3) is 8.38. The zero-order chi connectivity index (χ0) is 26.4. The predicted molar refractivity (Wildman–Crippen MR) is 128 cm³/mol. The van der Waals surface area contributed by atoms with E-state index in [0.29, 0.717) is 19.4 Å². The van der Waals surface area contributed by atoms with Crippen LogP contribution in [0.4, 0.5) is 4.79 Å². The molecule has 0 bridgehead atoms. The minimum Gasteiger partial charge on any atom is -0.444 e. The quantitative estimate of drug-likeness (QED) is 0.123. The van der Waals surface area contributed by atoms with Crippen molar-refractivity contribution in [2.45, 2.75) is 90.5 Å². The maximum atomic E-state index is 12.8. The molecule has 0 spiro atoms. The fourth-order valence-electron chi connectivity index (χ4n) is 3.93. The first-order valence-corrected chi connectivity index (χ1v) is 12.0. The van der Waals surface area contributed by atoms with Crippen LogP contribution in [0.1, 0.15) is 61.3 Å². The van der Waals surface area contributed by atoms with E-state index in [1.54, 1.807) is 20.8 Å². The lowest BCUT2D eigenvalue weighted by Crippen LogP contribution is -2.47. The summed E-state index contributed by atoms with van der Waals surface area (Å²) in [5.41, 5.74) is 7.02. The Kier molecular flexibility index (Phi) is 9.58. The molecule has 13 heteroatoms. The summed E-state index contributed by atoms with van der Waals surface area (Å²) in [6.45, 7) is 13.6. The number of azide groups is 1. The number of hydrogen-bond donors (Lipinski definition) is 2. The maximum Gasteiger partial charge on any atom is 0.457 e. The zero-order valence-corrected chi connectivity index (χ0v) is 21.8. The Morgan fingerprint density at radius 3 is 2.40 bits per heavy atom. The van der Waals surface area contributed by atoms with Crippen molar-refractivity contribution in [3.63, 3.8) is 0 Å². The van der Waals surface area contributed by atoms with Gasteiger partial charge in [-0.3, -0.25) is 4.79 Å². The van der Waals surface area contributed by atoms with Crippen molar-refractivity contribution in [1.29, 1.82) is 0 Å². The molecule has 12 nitrogen and oxygen atoms in total. The van der Waals surface area contributed by atoms with Gasteiger partial charge in [-0.05, 0) is 79.2 Å². The van der Waals surface area contributed by atoms with Crippen LogP contribution in [0.3, 0.4) is 0 Å². The highest BCUT2D eigenvalue weighted by Crippen LogP contribution is 2.38. The summed E-state index contributed by atoms with van der Waals surface area (Å²) in [5, 5.41) is 8.79. The minimum absolute atomic E-state index is 0.0212. The first-order chi connectivity index (χ1) is 16.1. The van der Waals surface area contributed by atoms with Gasteiger partial charge in [-0.25, -0.2) is 9.59 Å². The predicted octanol–water partition coefficient (Wildman–Crippen LogP) is 2.97. The Balaban J connectivity index is 1.89. The van der Waals surface area contributed by atoms with Crippen LogP contribution in [0.15, 0.2) is 5.11 Å². The number of alkyl carbamates (subject to hydrolysis) is 1. The third-order valence-corrected chi connectivity index (χ3v) is 6.46. The number of carbonyl (C=O) groups is 3. The Labute approximate surface area is 206 Å². The van der Waals surface area contributed by atoms with Crippen molar-refractivity contribution in [2.24, 2.45) is 17.0 Å². The molecule has 2 heterocycles. The van der Waals surface area contributed by atoms with Gasteiger partial charge in [0.2, 0.25) is 0 Å². The highest BCUT2D eigenvalue weighted by Gasteiger charge is 2.50. The number of carbonyl (C=O) groups excluding carboxylic acids is 3. The topological polar surface area (TPSA) is 161 Å². The van der Waals surface area contributed by atoms with Crippen LogP contribution in [0.2, 0.25) is 6.32 Å². The van der Waals surface area contributed by atoms with Crippen molar-refractivity contribution in [2.75, 3.05) is 19.6 Å². The molecule has 0 saturated carbocycles. The smallest absolute Gasteiger partial charge is 0.444 e. The summed E-state index contributed by atoms with van der Waals surface area (Å²) < 4.78 is 22.2. The summed E-state index contributed by atoms with van der Waals surface area (Å²) in [4.78, 5) is 40.0. The molecule has 35 heavy (non-hydrogen) atoms. The largest absolute Gasteiger partial charge is 0.457 e. The van der Waals surface area contributed by atoms with Crippen LogP contribution < -0.4 is 10.6 Å². The van der Waals surface area contributed by atoms with Gasteiger partial charge in [-0.2, -0.15) is 0 Å². The lowest BCUT2D eigenvalue weighted by molar-refractivity contribution is -0.164. The lowest BCUT2D eigenvalue weighted by atomic mass is 9.79. The van der Waals surface area contributed by atoms with Gasteiger partial charge in [0.1, 0.15) is 11.6 Å². The highest BCUT2D eigenvalue weighted by molar-refractivity contribution is 6.45. The molecule has 2 rings (SSSR count). The maximum absolute atomic E-state index is 12.8. The monoisotopic (exact) mass is 495 g/mol. The van der Waals surface area contributed by atoms with Gasteiger partial charge in [0, 0.05) is 11.5 Å². The number of hydrogen-bond acceptors (Lipinski definition) is 9. The molecule has 2 aliphatic rings. The molecule has 2 saturated heterocycles. The molecule has 0 aromatic carbocycles. The van der Waals surface area contributed by atoms with Crippen molar-refractivity contribution < 1.29 is 33.2 Å². The molecule has 0 radical (unpaired) electrons. The number of nitrogens with one attached hydrogen (secondary N) is 2. The Morgan fingerprint density at radius 2 is 1.83 bits per heavy atom. The standard InChI is InChI=1S/C22H38BN5O7/c1-20(2,3)33-19(31)27-16(13-26-28-24)18(30)32-17(29)15-12-25-11-14(15)9-8-10-23-34-21(4,5)22(6,7)35-23/h14-16,25H,8-13H2,1-7H3,(H,27,31)/t14-,15-,16+/m1/s1. The van der Waals surface area contributed by atoms with Crippen LogP contribution in [0, 0.1) is 11.8 Å². The third-order valence-electron chi connectivity index (χ3n) is 6.46. The summed E-state index contributed by atoms with van der Waals surface area (Å²) in [5.74, 6) is -2.22. The second-order valence-electron chi connectivity index (χ2n) is 11.0. The fraction of sp³-hybridized carbons (Fsp3) is 0.864. The van der Waals surface area contributed by atoms with E-state index in [2.05, 4.69) is 20.7 Å². The zero-order valence-electron chi connectivity index (χ0n) is 21.8. The molecular formula is C22H38BN5O7. The molecule has 2 fully saturated rings. The normalized spacial score (nSPS) is 23.8. The van der Waals surface area contributed by atoms with Crippen molar-refractivity contribution in [3.05, 3.63) is 10.4 Å². The molecule has 0 aliphatic carbocycles. The molecule has 3 atom stereocenters. The van der Waals surface area contributed by atoms with Crippen LogP contribution in [0.5, 0.6) is 0 Å². The molecular weight excluding hydrogens is 457 g/mol. The summed E-state index contributed by atoms with van der Waals surface area (Å²) in [7, 11) is -0.304. The number of rotatable bonds is 9. The Bertz CT molecular complexity index is 823. The number of ether oxygens (including phenoxy) is 2. The van der Waals surface area contributed by atoms with Crippen molar-refractivity contribution in [1.82, 2.24) is 10.6 Å². The van der Waals surface area contributed by atoms with Gasteiger partial charge >= 0.3 is 25.2 Å². The second kappa shape index (κ2) is 11.6. The lowest BCUT2D eigenvalue weighted by Gasteiger charge is -2.32. The van der Waals surface area contributed by atoms with E-state index >= 15 is 0 Å². The van der Waals surface area contributed by atoms with E-state index in [1.807, 2.05) is 27.7 Å². The molecule has 196 valence electrons. The molecule has 2 aliphatic heterocycles. The van der Waals surface area contributed by atoms with E-state index < -0.39 is 53.3 Å². The van der Waals surface area contributed by atoms with Crippen LogP contribution in [-0.4, -0.2) is 67.6 Å². The molecule has 1 amide bonds. The first-order valence-electron chi connectivity index (χ1n) is 12.0. The summed E-state index contributed by atoms with van der Waals surface area (Å²) in [6.07, 6.45) is 1.31. The number of amides is 1. The first kappa shape index (κ1) is 28.9. The number of esters is 2. The Morgan fingerprint density at radius 1 is 1.20 bits per heavy atom. The molecule has 2 N–H and O–H groups in total. The second-order valence-corrected chi connectivity index (χ2v) is 11.0. The van der Waals surface area contributed by atoms with Gasteiger partial charge in [0.25, 0.3) is 0 Å². The van der Waals surface area contributed by atoms with E-state index in [4.69, 9.17) is 24.3 Å². The average Bonchev–Trinajstić information content (AvgIpc) is 3.25. The van der Waals surface area contributed by atoms with E-state index in [-0.39, 0.29) is 13.0 Å². The summed E-state index contributed by atoms with van der Waals surface area (Å²) >= 11 is 0. The fourth-order valence-corrected chi connectivity index (χ4v) is 3.93.